The van der Waals surface area contributed by atoms with Crippen LogP contribution >= 0.6 is 0 Å². The zero-order chi connectivity index (χ0) is 16.0. The van der Waals surface area contributed by atoms with Crippen molar-refractivity contribution >= 4 is 12.1 Å². The lowest BCUT2D eigenvalue weighted by Gasteiger charge is -2.21. The number of nitrogens with one attached hydrogen (secondary N) is 2. The summed E-state index contributed by atoms with van der Waals surface area (Å²) in [7, 11) is 0. The largest absolute Gasteiger partial charge is 0.466 e. The zero-order valence-electron chi connectivity index (χ0n) is 13.0. The fourth-order valence-electron chi connectivity index (χ4n) is 1.48. The molecule has 21 heavy (non-hydrogen) atoms. The van der Waals surface area contributed by atoms with Gasteiger partial charge in [0.1, 0.15) is 17.8 Å². The van der Waals surface area contributed by atoms with E-state index in [4.69, 9.17) is 9.47 Å². The van der Waals surface area contributed by atoms with Crippen LogP contribution < -0.4 is 5.32 Å². The fourth-order valence-corrected chi connectivity index (χ4v) is 1.48. The molecule has 0 saturated heterocycles. The quantitative estimate of drug-likeness (QED) is 0.798. The minimum Gasteiger partial charge on any atom is -0.466 e. The molecule has 1 rings (SSSR count). The van der Waals surface area contributed by atoms with E-state index in [0.29, 0.717) is 18.3 Å². The van der Waals surface area contributed by atoms with Crippen molar-refractivity contribution in [2.24, 2.45) is 0 Å². The smallest absolute Gasteiger partial charge is 0.408 e. The Labute approximate surface area is 123 Å². The minimum atomic E-state index is -0.572. The van der Waals surface area contributed by atoms with Crippen molar-refractivity contribution in [2.75, 3.05) is 6.61 Å². The van der Waals surface area contributed by atoms with Crippen LogP contribution in [0.15, 0.2) is 0 Å². The highest BCUT2D eigenvalue weighted by Gasteiger charge is 2.20. The molecule has 0 aliphatic heterocycles. The highest BCUT2D eigenvalue weighted by atomic mass is 16.6. The van der Waals surface area contributed by atoms with Crippen LogP contribution in [-0.2, 0) is 20.7 Å². The van der Waals surface area contributed by atoms with Gasteiger partial charge in [0.05, 0.1) is 12.6 Å². The summed E-state index contributed by atoms with van der Waals surface area (Å²) in [5.41, 5.74) is -0.572. The summed E-state index contributed by atoms with van der Waals surface area (Å²) >= 11 is 0. The number of aromatic nitrogens is 3. The van der Waals surface area contributed by atoms with E-state index in [9.17, 15) is 9.59 Å². The summed E-state index contributed by atoms with van der Waals surface area (Å²) in [5, 5.41) is 9.23. The Hall–Kier alpha value is -2.12. The fraction of sp³-hybridized carbons (Fsp3) is 0.692. The van der Waals surface area contributed by atoms with Gasteiger partial charge in [-0.05, 0) is 34.6 Å². The normalized spacial score (nSPS) is 12.6. The summed E-state index contributed by atoms with van der Waals surface area (Å²) in [4.78, 5) is 27.1. The number of hydrogen-bond acceptors (Lipinski definition) is 6. The Kier molecular flexibility index (Phi) is 5.69. The van der Waals surface area contributed by atoms with Crippen molar-refractivity contribution in [1.29, 1.82) is 0 Å². The summed E-state index contributed by atoms with van der Waals surface area (Å²) in [6, 6.07) is -0.438. The van der Waals surface area contributed by atoms with Crippen LogP contribution in [0.2, 0.25) is 0 Å². The second kappa shape index (κ2) is 7.05. The van der Waals surface area contributed by atoms with Gasteiger partial charge in [-0.25, -0.2) is 9.78 Å². The Morgan fingerprint density at radius 3 is 2.62 bits per heavy atom. The van der Waals surface area contributed by atoms with Crippen LogP contribution in [0.25, 0.3) is 0 Å². The number of carbonyl (C=O) groups excluding carboxylic acids is 2. The van der Waals surface area contributed by atoms with E-state index >= 15 is 0 Å². The Morgan fingerprint density at radius 2 is 2.05 bits per heavy atom. The molecule has 0 spiro atoms. The van der Waals surface area contributed by atoms with Gasteiger partial charge in [0.25, 0.3) is 0 Å². The van der Waals surface area contributed by atoms with Crippen LogP contribution in [-0.4, -0.2) is 39.5 Å². The molecular formula is C13H22N4O4. The molecule has 0 fully saturated rings. The molecule has 0 aliphatic rings. The van der Waals surface area contributed by atoms with Gasteiger partial charge in [0.15, 0.2) is 5.82 Å². The first-order chi connectivity index (χ1) is 9.71. The maximum atomic E-state index is 11.6. The second-order valence-electron chi connectivity index (χ2n) is 5.49. The lowest BCUT2D eigenvalue weighted by atomic mass is 10.2. The number of ether oxygens (including phenoxy) is 2. The number of carbonyl (C=O) groups is 2. The second-order valence-corrected chi connectivity index (χ2v) is 5.49. The third kappa shape index (κ3) is 6.24. The molecule has 1 heterocycles. The molecule has 8 nitrogen and oxygen atoms in total. The van der Waals surface area contributed by atoms with Gasteiger partial charge in [0, 0.05) is 0 Å². The summed E-state index contributed by atoms with van der Waals surface area (Å²) in [6.45, 7) is 9.11. The number of nitrogens with zero attached hydrogens (tertiary/aromatic N) is 2. The van der Waals surface area contributed by atoms with E-state index in [1.54, 1.807) is 34.6 Å². The topological polar surface area (TPSA) is 106 Å². The molecule has 2 N–H and O–H groups in total. The molecule has 1 unspecified atom stereocenters. The van der Waals surface area contributed by atoms with Crippen LogP contribution in [0.3, 0.4) is 0 Å². The van der Waals surface area contributed by atoms with Gasteiger partial charge in [-0.15, -0.1) is 0 Å². The lowest BCUT2D eigenvalue weighted by molar-refractivity contribution is -0.142. The molecular weight excluding hydrogens is 276 g/mol. The van der Waals surface area contributed by atoms with Gasteiger partial charge in [0.2, 0.25) is 0 Å². The van der Waals surface area contributed by atoms with E-state index < -0.39 is 17.7 Å². The van der Waals surface area contributed by atoms with Crippen molar-refractivity contribution < 1.29 is 19.1 Å². The standard InChI is InChI=1S/C13H22N4O4/c1-6-20-10(18)7-9-15-11(17-16-9)8(2)14-12(19)21-13(3,4)5/h8H,6-7H2,1-5H3,(H,14,19)(H,15,16,17). The monoisotopic (exact) mass is 298 g/mol. The average molecular weight is 298 g/mol. The highest BCUT2D eigenvalue weighted by molar-refractivity contribution is 5.71. The number of rotatable bonds is 5. The number of hydrogen-bond donors (Lipinski definition) is 2. The predicted molar refractivity (Wildman–Crippen MR) is 74.5 cm³/mol. The van der Waals surface area contributed by atoms with E-state index in [1.165, 1.54) is 0 Å². The maximum Gasteiger partial charge on any atom is 0.408 e. The van der Waals surface area contributed by atoms with Gasteiger partial charge in [-0.3, -0.25) is 9.89 Å². The average Bonchev–Trinajstić information content (AvgIpc) is 2.74. The molecule has 0 aromatic carbocycles. The SMILES string of the molecule is CCOC(=O)Cc1nc(C(C)NC(=O)OC(C)(C)C)n[nH]1. The summed E-state index contributed by atoms with van der Waals surface area (Å²) in [6.07, 6.45) is -0.535. The van der Waals surface area contributed by atoms with Crippen LogP contribution in [0, 0.1) is 0 Å². The number of aromatic amines is 1. The lowest BCUT2D eigenvalue weighted by Crippen LogP contribution is -2.34. The first-order valence-electron chi connectivity index (χ1n) is 6.77. The van der Waals surface area contributed by atoms with Gasteiger partial charge < -0.3 is 14.8 Å². The van der Waals surface area contributed by atoms with E-state index in [2.05, 4.69) is 20.5 Å². The predicted octanol–water partition coefficient (Wildman–Crippen LogP) is 1.50. The van der Waals surface area contributed by atoms with Gasteiger partial charge >= 0.3 is 12.1 Å². The van der Waals surface area contributed by atoms with Crippen molar-refractivity contribution in [2.45, 2.75) is 52.7 Å². The molecule has 0 bridgehead atoms. The van der Waals surface area contributed by atoms with E-state index in [0.717, 1.165) is 0 Å². The van der Waals surface area contributed by atoms with Gasteiger partial charge in [-0.1, -0.05) is 0 Å². The number of amides is 1. The van der Waals surface area contributed by atoms with Crippen molar-refractivity contribution in [1.82, 2.24) is 20.5 Å². The number of H-pyrrole nitrogens is 1. The van der Waals surface area contributed by atoms with E-state index in [1.807, 2.05) is 0 Å². The molecule has 0 aliphatic carbocycles. The first-order valence-corrected chi connectivity index (χ1v) is 6.77. The molecule has 1 atom stereocenters. The third-order valence-corrected chi connectivity index (χ3v) is 2.29. The van der Waals surface area contributed by atoms with Crippen molar-refractivity contribution in [3.63, 3.8) is 0 Å². The molecule has 0 saturated carbocycles. The highest BCUT2D eigenvalue weighted by Crippen LogP contribution is 2.11. The molecule has 1 aromatic rings. The Morgan fingerprint density at radius 1 is 1.38 bits per heavy atom. The number of alkyl carbamates (subject to hydrolysis) is 1. The third-order valence-electron chi connectivity index (χ3n) is 2.29. The molecule has 1 amide bonds. The summed E-state index contributed by atoms with van der Waals surface area (Å²) in [5.74, 6) is 0.384. The summed E-state index contributed by atoms with van der Waals surface area (Å²) < 4.78 is 9.96. The Bertz CT molecular complexity index is 493. The molecule has 8 heteroatoms. The van der Waals surface area contributed by atoms with E-state index in [-0.39, 0.29) is 12.4 Å². The molecule has 118 valence electrons. The maximum absolute atomic E-state index is 11.6. The van der Waals surface area contributed by atoms with Crippen molar-refractivity contribution in [3.8, 4) is 0 Å². The minimum absolute atomic E-state index is 0.0139. The van der Waals surface area contributed by atoms with Crippen LogP contribution in [0.1, 0.15) is 52.3 Å². The Balaban J connectivity index is 2.55. The van der Waals surface area contributed by atoms with Crippen LogP contribution in [0.4, 0.5) is 4.79 Å². The van der Waals surface area contributed by atoms with Crippen LogP contribution in [0.5, 0.6) is 0 Å². The molecule has 1 aromatic heterocycles. The van der Waals surface area contributed by atoms with Gasteiger partial charge in [-0.2, -0.15) is 5.10 Å². The first kappa shape index (κ1) is 16.9. The molecule has 0 radical (unpaired) electrons. The number of esters is 1. The zero-order valence-corrected chi connectivity index (χ0v) is 13.0. The van der Waals surface area contributed by atoms with Crippen molar-refractivity contribution in [3.05, 3.63) is 11.6 Å².